The van der Waals surface area contributed by atoms with Gasteiger partial charge in [-0.05, 0) is 29.8 Å². The number of halogens is 1. The molecule has 3 heterocycles. The molecule has 7 heteroatoms. The third kappa shape index (κ3) is 3.66. The van der Waals surface area contributed by atoms with Crippen LogP contribution in [0.3, 0.4) is 0 Å². The molecule has 1 amide bonds. The molecule has 4 rings (SSSR count). The highest BCUT2D eigenvalue weighted by atomic mass is 35.5. The van der Waals surface area contributed by atoms with Gasteiger partial charge in [-0.25, -0.2) is 4.98 Å². The monoisotopic (exact) mass is 370 g/mol. The lowest BCUT2D eigenvalue weighted by Gasteiger charge is -2.34. The van der Waals surface area contributed by atoms with Crippen molar-refractivity contribution in [3.05, 3.63) is 76.7 Å². The number of nitrogens with one attached hydrogen (secondary N) is 2. The van der Waals surface area contributed by atoms with Gasteiger partial charge in [0.25, 0.3) is 0 Å². The van der Waals surface area contributed by atoms with Crippen molar-refractivity contribution >= 4 is 17.5 Å². The van der Waals surface area contributed by atoms with E-state index in [1.165, 1.54) is 0 Å². The third-order valence-electron chi connectivity index (χ3n) is 4.61. The lowest BCUT2D eigenvalue weighted by Crippen LogP contribution is -2.49. The molecule has 0 fully saturated rings. The van der Waals surface area contributed by atoms with Crippen LogP contribution in [0, 0.1) is 0 Å². The number of H-pyrrole nitrogens is 1. The minimum atomic E-state index is -0.281. The quantitative estimate of drug-likeness (QED) is 0.724. The number of aromatic nitrogens is 2. The van der Waals surface area contributed by atoms with Crippen LogP contribution in [0.4, 0.5) is 0 Å². The number of imidazole rings is 1. The third-order valence-corrected chi connectivity index (χ3v) is 4.87. The average molecular weight is 371 g/mol. The fourth-order valence-corrected chi connectivity index (χ4v) is 3.37. The van der Waals surface area contributed by atoms with Crippen LogP contribution in [0.5, 0.6) is 0 Å². The van der Waals surface area contributed by atoms with Crippen LogP contribution in [0.2, 0.25) is 5.02 Å². The summed E-state index contributed by atoms with van der Waals surface area (Å²) in [4.78, 5) is 22.5. The van der Waals surface area contributed by atoms with Crippen molar-refractivity contribution in [3.8, 4) is 0 Å². The molecule has 2 aromatic heterocycles. The summed E-state index contributed by atoms with van der Waals surface area (Å²) in [6.45, 7) is 1.69. The van der Waals surface area contributed by atoms with Crippen molar-refractivity contribution in [2.24, 2.45) is 0 Å². The molecule has 1 aliphatic heterocycles. The van der Waals surface area contributed by atoms with Crippen molar-refractivity contribution in [3.63, 3.8) is 0 Å². The topological polar surface area (TPSA) is 74.2 Å². The van der Waals surface area contributed by atoms with E-state index in [0.717, 1.165) is 22.7 Å². The second-order valence-corrected chi connectivity index (χ2v) is 6.81. The van der Waals surface area contributed by atoms with Gasteiger partial charge in [-0.1, -0.05) is 23.7 Å². The van der Waals surface area contributed by atoms with E-state index in [-0.39, 0.29) is 11.9 Å². The highest BCUT2D eigenvalue weighted by molar-refractivity contribution is 6.30. The summed E-state index contributed by atoms with van der Waals surface area (Å²) in [6, 6.07) is 11.1. The van der Waals surface area contributed by atoms with Crippen LogP contribution in [-0.4, -0.2) is 26.8 Å². The molecule has 1 unspecified atom stereocenters. The van der Waals surface area contributed by atoms with Gasteiger partial charge in [0.1, 0.15) is 5.76 Å². The maximum absolute atomic E-state index is 12.8. The minimum Gasteiger partial charge on any atom is -0.467 e. The van der Waals surface area contributed by atoms with Crippen LogP contribution < -0.4 is 5.32 Å². The van der Waals surface area contributed by atoms with Crippen molar-refractivity contribution < 1.29 is 9.21 Å². The second-order valence-electron chi connectivity index (χ2n) is 6.38. The van der Waals surface area contributed by atoms with Crippen LogP contribution in [0.1, 0.15) is 22.7 Å². The van der Waals surface area contributed by atoms with Gasteiger partial charge >= 0.3 is 0 Å². The maximum atomic E-state index is 12.8. The average Bonchev–Trinajstić information content (AvgIpc) is 3.32. The Kier molecular flexibility index (Phi) is 4.77. The van der Waals surface area contributed by atoms with Crippen LogP contribution in [0.15, 0.2) is 53.4 Å². The van der Waals surface area contributed by atoms with E-state index >= 15 is 0 Å². The number of rotatable bonds is 5. The Morgan fingerprint density at radius 1 is 1.35 bits per heavy atom. The van der Waals surface area contributed by atoms with E-state index in [4.69, 9.17) is 16.0 Å². The number of aromatic amines is 1. The molecule has 134 valence electrons. The van der Waals surface area contributed by atoms with Crippen LogP contribution in [-0.2, 0) is 30.8 Å². The molecule has 0 aliphatic carbocycles. The molecule has 2 N–H and O–H groups in total. The lowest BCUT2D eigenvalue weighted by molar-refractivity contribution is -0.127. The molecular formula is C19H19ClN4O2. The number of fused-ring (bicyclic) bond motifs is 1. The molecule has 1 aliphatic rings. The van der Waals surface area contributed by atoms with Crippen LogP contribution in [0.25, 0.3) is 0 Å². The van der Waals surface area contributed by atoms with E-state index in [1.807, 2.05) is 36.4 Å². The molecule has 0 saturated carbocycles. The summed E-state index contributed by atoms with van der Waals surface area (Å²) < 4.78 is 5.29. The summed E-state index contributed by atoms with van der Waals surface area (Å²) in [6.07, 6.45) is 3.87. The number of hydrogen-bond acceptors (Lipinski definition) is 4. The summed E-state index contributed by atoms with van der Waals surface area (Å²) >= 11 is 5.98. The first-order chi connectivity index (χ1) is 12.7. The molecule has 3 aromatic rings. The van der Waals surface area contributed by atoms with Crippen LogP contribution >= 0.6 is 11.6 Å². The van der Waals surface area contributed by atoms with Gasteiger partial charge in [0.15, 0.2) is 0 Å². The number of carbonyl (C=O) groups is 1. The Balaban J connectivity index is 1.50. The minimum absolute atomic E-state index is 0.0241. The van der Waals surface area contributed by atoms with Gasteiger partial charge in [0.05, 0.1) is 36.6 Å². The lowest BCUT2D eigenvalue weighted by atomic mass is 10.0. The largest absolute Gasteiger partial charge is 0.467 e. The maximum Gasteiger partial charge on any atom is 0.238 e. The zero-order valence-corrected chi connectivity index (χ0v) is 14.9. The van der Waals surface area contributed by atoms with E-state index in [1.54, 1.807) is 12.6 Å². The van der Waals surface area contributed by atoms with Gasteiger partial charge in [-0.2, -0.15) is 0 Å². The molecule has 6 nitrogen and oxygen atoms in total. The van der Waals surface area contributed by atoms with Crippen molar-refractivity contribution in [2.75, 3.05) is 0 Å². The van der Waals surface area contributed by atoms with Crippen molar-refractivity contribution in [1.82, 2.24) is 20.2 Å². The fourth-order valence-electron chi connectivity index (χ4n) is 3.24. The summed E-state index contributed by atoms with van der Waals surface area (Å²) in [5.74, 6) is 0.711. The number of furan rings is 1. The first-order valence-corrected chi connectivity index (χ1v) is 8.86. The molecule has 0 spiro atoms. The molecule has 0 radical (unpaired) electrons. The van der Waals surface area contributed by atoms with Crippen molar-refractivity contribution in [1.29, 1.82) is 0 Å². The molecular weight excluding hydrogens is 352 g/mol. The van der Waals surface area contributed by atoms with Crippen molar-refractivity contribution in [2.45, 2.75) is 32.1 Å². The zero-order valence-electron chi connectivity index (χ0n) is 14.1. The van der Waals surface area contributed by atoms with Gasteiger partial charge in [0.2, 0.25) is 5.91 Å². The Labute approximate surface area is 156 Å². The highest BCUT2D eigenvalue weighted by Crippen LogP contribution is 2.23. The Bertz CT molecular complexity index is 873. The number of nitrogens with zero attached hydrogens (tertiary/aromatic N) is 2. The smallest absolute Gasteiger partial charge is 0.238 e. The number of carbonyl (C=O) groups excluding carboxylic acids is 1. The van der Waals surface area contributed by atoms with E-state index < -0.39 is 0 Å². The first kappa shape index (κ1) is 16.9. The SMILES string of the molecule is O=C(NCc1ccco1)C1Cc2nc[nH]c2CN1Cc1ccc(Cl)cc1. The zero-order chi connectivity index (χ0) is 17.9. The predicted octanol–water partition coefficient (Wildman–Crippen LogP) is 2.90. The normalized spacial score (nSPS) is 17.0. The van der Waals surface area contributed by atoms with E-state index in [0.29, 0.717) is 31.1 Å². The Hall–Kier alpha value is -2.57. The van der Waals surface area contributed by atoms with E-state index in [9.17, 15) is 4.79 Å². The summed E-state index contributed by atoms with van der Waals surface area (Å²) in [5, 5.41) is 3.67. The van der Waals surface area contributed by atoms with Gasteiger partial charge in [-0.3, -0.25) is 9.69 Å². The second kappa shape index (κ2) is 7.35. The van der Waals surface area contributed by atoms with Gasteiger partial charge < -0.3 is 14.7 Å². The summed E-state index contributed by atoms with van der Waals surface area (Å²) in [5.41, 5.74) is 3.13. The standard InChI is InChI=1S/C19H19ClN4O2/c20-14-5-3-13(4-6-14)10-24-11-17-16(22-12-23-17)8-18(24)19(25)21-9-15-2-1-7-26-15/h1-7,12,18H,8-11H2,(H,21,25)(H,22,23). The number of amides is 1. The van der Waals surface area contributed by atoms with E-state index in [2.05, 4.69) is 20.2 Å². The molecule has 0 bridgehead atoms. The fraction of sp³-hybridized carbons (Fsp3) is 0.263. The van der Waals surface area contributed by atoms with Gasteiger partial charge in [-0.15, -0.1) is 0 Å². The Morgan fingerprint density at radius 3 is 2.96 bits per heavy atom. The number of benzene rings is 1. The molecule has 1 aromatic carbocycles. The predicted molar refractivity (Wildman–Crippen MR) is 97.3 cm³/mol. The molecule has 26 heavy (non-hydrogen) atoms. The van der Waals surface area contributed by atoms with Gasteiger partial charge in [0, 0.05) is 24.5 Å². The summed E-state index contributed by atoms with van der Waals surface area (Å²) in [7, 11) is 0. The highest BCUT2D eigenvalue weighted by Gasteiger charge is 2.32. The number of hydrogen-bond donors (Lipinski definition) is 2. The molecule has 1 atom stereocenters. The Morgan fingerprint density at radius 2 is 2.19 bits per heavy atom. The molecule has 0 saturated heterocycles. The first-order valence-electron chi connectivity index (χ1n) is 8.49.